The van der Waals surface area contributed by atoms with Crippen molar-refractivity contribution in [2.75, 3.05) is 6.54 Å². The van der Waals surface area contributed by atoms with Gasteiger partial charge in [-0.2, -0.15) is 0 Å². The molecule has 2 aliphatic rings. The van der Waals surface area contributed by atoms with Crippen LogP contribution in [-0.2, 0) is 20.9 Å². The molecule has 0 radical (unpaired) electrons. The molecule has 7 nitrogen and oxygen atoms in total. The first-order valence-corrected chi connectivity index (χ1v) is 9.52. The Bertz CT molecular complexity index is 693. The largest absolute Gasteiger partial charge is 0.479 e. The van der Waals surface area contributed by atoms with Gasteiger partial charge in [0.05, 0.1) is 6.04 Å². The second-order valence-corrected chi connectivity index (χ2v) is 7.37. The van der Waals surface area contributed by atoms with Gasteiger partial charge in [0.15, 0.2) is 6.10 Å². The predicted octanol–water partition coefficient (Wildman–Crippen LogP) is 1.16. The van der Waals surface area contributed by atoms with Crippen molar-refractivity contribution in [3.8, 4) is 0 Å². The van der Waals surface area contributed by atoms with Crippen molar-refractivity contribution < 1.29 is 24.6 Å². The van der Waals surface area contributed by atoms with Gasteiger partial charge in [0.25, 0.3) is 0 Å². The number of carbonyl (C=O) groups excluding carboxylic acids is 2. The van der Waals surface area contributed by atoms with Crippen LogP contribution in [0.3, 0.4) is 0 Å². The number of carboxylic acid groups (broad SMARTS) is 1. The fourth-order valence-electron chi connectivity index (χ4n) is 4.26. The van der Waals surface area contributed by atoms with Gasteiger partial charge in [0.1, 0.15) is 0 Å². The van der Waals surface area contributed by atoms with E-state index in [9.17, 15) is 19.5 Å². The molecule has 2 fully saturated rings. The lowest BCUT2D eigenvalue weighted by Gasteiger charge is -2.30. The predicted molar refractivity (Wildman–Crippen MR) is 97.5 cm³/mol. The molecule has 2 unspecified atom stereocenters. The Hall–Kier alpha value is -2.41. The van der Waals surface area contributed by atoms with E-state index in [4.69, 9.17) is 5.11 Å². The van der Waals surface area contributed by atoms with Gasteiger partial charge in [0.2, 0.25) is 11.8 Å². The van der Waals surface area contributed by atoms with Crippen molar-refractivity contribution >= 4 is 17.8 Å². The maximum absolute atomic E-state index is 13.0. The molecular weight excluding hydrogens is 348 g/mol. The van der Waals surface area contributed by atoms with Crippen molar-refractivity contribution in [3.05, 3.63) is 35.9 Å². The van der Waals surface area contributed by atoms with Crippen molar-refractivity contribution in [2.24, 2.45) is 11.8 Å². The van der Waals surface area contributed by atoms with E-state index in [2.05, 4.69) is 5.32 Å². The summed E-state index contributed by atoms with van der Waals surface area (Å²) in [6.07, 6.45) is 1.61. The summed E-state index contributed by atoms with van der Waals surface area (Å²) in [5.74, 6) is -2.49. The van der Waals surface area contributed by atoms with Gasteiger partial charge >= 0.3 is 5.97 Å². The summed E-state index contributed by atoms with van der Waals surface area (Å²) < 4.78 is 0. The Labute approximate surface area is 158 Å². The summed E-state index contributed by atoms with van der Waals surface area (Å²) in [5, 5.41) is 21.9. The molecule has 0 bridgehead atoms. The second kappa shape index (κ2) is 8.52. The number of carbonyl (C=O) groups is 3. The van der Waals surface area contributed by atoms with Crippen LogP contribution >= 0.6 is 0 Å². The number of aliphatic carboxylic acids is 1. The average molecular weight is 374 g/mol. The van der Waals surface area contributed by atoms with Crippen molar-refractivity contribution in [2.45, 2.75) is 50.8 Å². The lowest BCUT2D eigenvalue weighted by atomic mass is 9.93. The topological polar surface area (TPSA) is 107 Å². The van der Waals surface area contributed by atoms with Crippen molar-refractivity contribution in [3.63, 3.8) is 0 Å². The van der Waals surface area contributed by atoms with Gasteiger partial charge < -0.3 is 20.4 Å². The molecule has 1 aromatic carbocycles. The van der Waals surface area contributed by atoms with E-state index in [-0.39, 0.29) is 11.8 Å². The van der Waals surface area contributed by atoms with Crippen LogP contribution in [0.2, 0.25) is 0 Å². The third kappa shape index (κ3) is 4.30. The fourth-order valence-corrected chi connectivity index (χ4v) is 4.26. The van der Waals surface area contributed by atoms with Gasteiger partial charge in [-0.05, 0) is 31.2 Å². The quantitative estimate of drug-likeness (QED) is 0.693. The number of likely N-dealkylation sites (tertiary alicyclic amines) is 1. The number of amides is 2. The molecule has 1 aromatic rings. The molecule has 0 aromatic heterocycles. The molecule has 1 aliphatic carbocycles. The van der Waals surface area contributed by atoms with Gasteiger partial charge in [-0.3, -0.25) is 9.59 Å². The number of nitrogens with one attached hydrogen (secondary N) is 1. The number of hydrogen-bond acceptors (Lipinski definition) is 4. The Balaban J connectivity index is 1.63. The first-order chi connectivity index (χ1) is 13.0. The van der Waals surface area contributed by atoms with E-state index < -0.39 is 30.0 Å². The molecule has 1 saturated heterocycles. The highest BCUT2D eigenvalue weighted by molar-refractivity contribution is 5.89. The number of aliphatic hydroxyl groups is 1. The fraction of sp³-hybridized carbons (Fsp3) is 0.550. The molecule has 7 heteroatoms. The zero-order valence-electron chi connectivity index (χ0n) is 15.2. The van der Waals surface area contributed by atoms with E-state index in [1.54, 1.807) is 0 Å². The SMILES string of the molecule is O=C(O)C(O)[C@@H]1CCCN1C(=O)C1CCC[C@H]1C(=O)NCc1ccccc1. The number of hydrogen-bond donors (Lipinski definition) is 3. The highest BCUT2D eigenvalue weighted by atomic mass is 16.4. The molecule has 1 heterocycles. The zero-order valence-corrected chi connectivity index (χ0v) is 15.2. The summed E-state index contributed by atoms with van der Waals surface area (Å²) in [6.45, 7) is 0.851. The van der Waals surface area contributed by atoms with Gasteiger partial charge in [-0.1, -0.05) is 36.8 Å². The van der Waals surface area contributed by atoms with Gasteiger partial charge in [0, 0.05) is 24.9 Å². The third-order valence-corrected chi connectivity index (χ3v) is 5.68. The monoisotopic (exact) mass is 374 g/mol. The van der Waals surface area contributed by atoms with E-state index in [1.807, 2.05) is 30.3 Å². The van der Waals surface area contributed by atoms with Crippen LogP contribution in [0.15, 0.2) is 30.3 Å². The standard InChI is InChI=1S/C20H26N2O5/c23-17(20(26)27)16-10-5-11-22(16)19(25)15-9-4-8-14(15)18(24)21-12-13-6-2-1-3-7-13/h1-3,6-7,14-17,23H,4-5,8-12H2,(H,21,24)(H,26,27)/t14-,15?,16+,17?/m1/s1. The minimum absolute atomic E-state index is 0.135. The zero-order chi connectivity index (χ0) is 19.4. The smallest absolute Gasteiger partial charge is 0.334 e. The summed E-state index contributed by atoms with van der Waals surface area (Å²) in [6, 6.07) is 8.88. The third-order valence-electron chi connectivity index (χ3n) is 5.68. The Morgan fingerprint density at radius 2 is 1.78 bits per heavy atom. The number of benzene rings is 1. The summed E-state index contributed by atoms with van der Waals surface area (Å²) in [4.78, 5) is 38.3. The normalized spacial score (nSPS) is 26.0. The molecule has 3 N–H and O–H groups in total. The highest BCUT2D eigenvalue weighted by Gasteiger charge is 2.44. The van der Waals surface area contributed by atoms with Gasteiger partial charge in [-0.15, -0.1) is 0 Å². The van der Waals surface area contributed by atoms with Crippen molar-refractivity contribution in [1.82, 2.24) is 10.2 Å². The van der Waals surface area contributed by atoms with Crippen LogP contribution in [0.25, 0.3) is 0 Å². The Morgan fingerprint density at radius 3 is 2.48 bits per heavy atom. The van der Waals surface area contributed by atoms with E-state index in [0.29, 0.717) is 38.8 Å². The van der Waals surface area contributed by atoms with Crippen LogP contribution in [-0.4, -0.2) is 51.6 Å². The Morgan fingerprint density at radius 1 is 1.07 bits per heavy atom. The van der Waals surface area contributed by atoms with Crippen LogP contribution in [0, 0.1) is 11.8 Å². The average Bonchev–Trinajstić information content (AvgIpc) is 3.35. The molecule has 1 aliphatic heterocycles. The maximum Gasteiger partial charge on any atom is 0.334 e. The molecule has 146 valence electrons. The van der Waals surface area contributed by atoms with Crippen LogP contribution in [0.5, 0.6) is 0 Å². The second-order valence-electron chi connectivity index (χ2n) is 7.37. The molecule has 27 heavy (non-hydrogen) atoms. The van der Waals surface area contributed by atoms with E-state index in [0.717, 1.165) is 12.0 Å². The number of carboxylic acids is 1. The first kappa shape index (κ1) is 19.4. The van der Waals surface area contributed by atoms with Crippen LogP contribution in [0.1, 0.15) is 37.7 Å². The minimum atomic E-state index is -1.58. The number of nitrogens with zero attached hydrogens (tertiary/aromatic N) is 1. The maximum atomic E-state index is 13.0. The Kier molecular flexibility index (Phi) is 6.11. The molecule has 1 saturated carbocycles. The molecule has 2 amide bonds. The van der Waals surface area contributed by atoms with Crippen LogP contribution in [0.4, 0.5) is 0 Å². The summed E-state index contributed by atoms with van der Waals surface area (Å²) in [7, 11) is 0. The highest BCUT2D eigenvalue weighted by Crippen LogP contribution is 2.35. The summed E-state index contributed by atoms with van der Waals surface area (Å²) in [5.41, 5.74) is 0.996. The van der Waals surface area contributed by atoms with E-state index in [1.165, 1.54) is 4.90 Å². The lowest BCUT2D eigenvalue weighted by Crippen LogP contribution is -2.49. The van der Waals surface area contributed by atoms with Crippen LogP contribution < -0.4 is 5.32 Å². The minimum Gasteiger partial charge on any atom is -0.479 e. The molecular formula is C20H26N2O5. The molecule has 4 atom stereocenters. The number of rotatable bonds is 6. The van der Waals surface area contributed by atoms with Crippen molar-refractivity contribution in [1.29, 1.82) is 0 Å². The molecule has 3 rings (SSSR count). The first-order valence-electron chi connectivity index (χ1n) is 9.52. The van der Waals surface area contributed by atoms with Gasteiger partial charge in [-0.25, -0.2) is 4.79 Å². The number of aliphatic hydroxyl groups excluding tert-OH is 1. The lowest BCUT2D eigenvalue weighted by molar-refractivity contribution is -0.153. The summed E-state index contributed by atoms with van der Waals surface area (Å²) >= 11 is 0. The van der Waals surface area contributed by atoms with E-state index >= 15 is 0 Å². The molecule has 0 spiro atoms.